The van der Waals surface area contributed by atoms with E-state index in [1.54, 1.807) is 12.1 Å². The third kappa shape index (κ3) is 1.65. The van der Waals surface area contributed by atoms with Gasteiger partial charge in [0, 0.05) is 5.56 Å². The molecule has 3 N–H and O–H groups in total. The van der Waals surface area contributed by atoms with Gasteiger partial charge in [0.1, 0.15) is 11.5 Å². The first kappa shape index (κ1) is 10.8. The van der Waals surface area contributed by atoms with Crippen LogP contribution in [0.3, 0.4) is 0 Å². The number of thiazole rings is 1. The molecule has 0 fully saturated rings. The highest BCUT2D eigenvalue weighted by atomic mass is 32.1. The summed E-state index contributed by atoms with van der Waals surface area (Å²) in [6.45, 7) is 0. The monoisotopic (exact) mass is 262 g/mol. The van der Waals surface area contributed by atoms with Crippen LogP contribution in [-0.4, -0.2) is 15.2 Å². The number of rotatable bonds is 1. The van der Waals surface area contributed by atoms with E-state index in [0.717, 1.165) is 0 Å². The van der Waals surface area contributed by atoms with Gasteiger partial charge in [-0.1, -0.05) is 11.3 Å². The molecule has 0 atom stereocenters. The normalized spacial score (nSPS) is 10.9. The topological polar surface area (TPSA) is 84.7 Å². The minimum absolute atomic E-state index is 0.256. The van der Waals surface area contributed by atoms with Crippen LogP contribution in [-0.2, 0) is 0 Å². The van der Waals surface area contributed by atoms with Crippen molar-refractivity contribution in [2.24, 2.45) is 0 Å². The molecule has 0 spiro atoms. The van der Waals surface area contributed by atoms with Crippen molar-refractivity contribution in [3.63, 3.8) is 0 Å². The Morgan fingerprint density at radius 2 is 2.00 bits per heavy atom. The molecule has 5 nitrogen and oxygen atoms in total. The molecule has 0 aliphatic carbocycles. The molecule has 0 amide bonds. The van der Waals surface area contributed by atoms with E-state index in [9.17, 15) is 9.18 Å². The van der Waals surface area contributed by atoms with Gasteiger partial charge in [0.05, 0.1) is 4.70 Å². The first-order valence-corrected chi connectivity index (χ1v) is 5.87. The molecule has 2 heterocycles. The maximum atomic E-state index is 12.9. The molecule has 1 aromatic carbocycles. The average Bonchev–Trinajstić information content (AvgIpc) is 2.74. The molecule has 3 rings (SSSR count). The molecule has 90 valence electrons. The van der Waals surface area contributed by atoms with Gasteiger partial charge in [-0.3, -0.25) is 4.79 Å². The summed E-state index contributed by atoms with van der Waals surface area (Å²) < 4.78 is 13.5. The summed E-state index contributed by atoms with van der Waals surface area (Å²) in [5.41, 5.74) is 6.70. The number of halogens is 1. The molecule has 18 heavy (non-hydrogen) atoms. The molecule has 0 aliphatic rings. The molecule has 0 saturated heterocycles. The first-order chi connectivity index (χ1) is 8.65. The Labute approximate surface area is 104 Å². The lowest BCUT2D eigenvalue weighted by Gasteiger charge is -2.00. The number of hydrogen-bond donors (Lipinski definition) is 2. The zero-order chi connectivity index (χ0) is 12.7. The third-order valence-electron chi connectivity index (χ3n) is 2.46. The van der Waals surface area contributed by atoms with Gasteiger partial charge in [0.15, 0.2) is 10.6 Å². The summed E-state index contributed by atoms with van der Waals surface area (Å²) in [6.07, 6.45) is 0. The first-order valence-electron chi connectivity index (χ1n) is 5.06. The number of benzene rings is 1. The van der Waals surface area contributed by atoms with E-state index in [0.29, 0.717) is 21.1 Å². The summed E-state index contributed by atoms with van der Waals surface area (Å²) in [7, 11) is 0. The fourth-order valence-corrected chi connectivity index (χ4v) is 2.51. The third-order valence-corrected chi connectivity index (χ3v) is 3.35. The Balaban J connectivity index is 2.32. The van der Waals surface area contributed by atoms with Crippen LogP contribution in [0.25, 0.3) is 21.5 Å². The molecule has 7 heteroatoms. The Morgan fingerprint density at radius 3 is 2.72 bits per heavy atom. The minimum atomic E-state index is -0.385. The maximum absolute atomic E-state index is 12.9. The fraction of sp³-hybridized carbons (Fsp3) is 0. The van der Waals surface area contributed by atoms with E-state index in [1.165, 1.54) is 23.5 Å². The summed E-state index contributed by atoms with van der Waals surface area (Å²) >= 11 is 1.18. The quantitative estimate of drug-likeness (QED) is 0.700. The maximum Gasteiger partial charge on any atom is 0.291 e. The largest absolute Gasteiger partial charge is 0.375 e. The van der Waals surface area contributed by atoms with Crippen LogP contribution in [0.2, 0.25) is 0 Å². The number of hydrogen-bond acceptors (Lipinski definition) is 5. The van der Waals surface area contributed by atoms with Crippen molar-refractivity contribution in [3.05, 3.63) is 40.4 Å². The van der Waals surface area contributed by atoms with Crippen LogP contribution in [0, 0.1) is 5.82 Å². The van der Waals surface area contributed by atoms with Gasteiger partial charge in [-0.2, -0.15) is 5.10 Å². The Bertz CT molecular complexity index is 778. The molecule has 0 unspecified atom stereocenters. The number of fused-ring (bicyclic) bond motifs is 1. The number of H-pyrrole nitrogens is 1. The van der Waals surface area contributed by atoms with Crippen molar-refractivity contribution in [2.75, 3.05) is 5.73 Å². The number of aromatic nitrogens is 3. The van der Waals surface area contributed by atoms with Crippen LogP contribution in [0.15, 0.2) is 29.1 Å². The van der Waals surface area contributed by atoms with Crippen molar-refractivity contribution in [1.29, 1.82) is 0 Å². The van der Waals surface area contributed by atoms with Crippen molar-refractivity contribution in [2.45, 2.75) is 0 Å². The average molecular weight is 262 g/mol. The predicted octanol–water partition coefficient (Wildman–Crippen LogP) is 1.77. The molecule has 0 saturated carbocycles. The van der Waals surface area contributed by atoms with Crippen molar-refractivity contribution >= 4 is 26.7 Å². The Kier molecular flexibility index (Phi) is 2.34. The number of nitrogens with one attached hydrogen (secondary N) is 1. The van der Waals surface area contributed by atoms with E-state index in [-0.39, 0.29) is 16.9 Å². The Morgan fingerprint density at radius 1 is 1.28 bits per heavy atom. The molecule has 3 aromatic rings. The lowest BCUT2D eigenvalue weighted by molar-refractivity contribution is 0.628. The van der Waals surface area contributed by atoms with Gasteiger partial charge in [-0.15, -0.1) is 0 Å². The predicted molar refractivity (Wildman–Crippen MR) is 67.8 cm³/mol. The number of anilines is 1. The van der Waals surface area contributed by atoms with E-state index in [1.807, 2.05) is 0 Å². The summed E-state index contributed by atoms with van der Waals surface area (Å²) in [4.78, 5) is 15.5. The van der Waals surface area contributed by atoms with Gasteiger partial charge >= 0.3 is 0 Å². The van der Waals surface area contributed by atoms with Crippen LogP contribution in [0.1, 0.15) is 0 Å². The van der Waals surface area contributed by atoms with Crippen LogP contribution >= 0.6 is 11.3 Å². The van der Waals surface area contributed by atoms with Crippen LogP contribution < -0.4 is 11.3 Å². The fourth-order valence-electron chi connectivity index (χ4n) is 1.66. The molecule has 2 aromatic heterocycles. The molecule has 0 bridgehead atoms. The van der Waals surface area contributed by atoms with Crippen molar-refractivity contribution in [1.82, 2.24) is 15.2 Å². The smallest absolute Gasteiger partial charge is 0.291 e. The second-order valence-corrected chi connectivity index (χ2v) is 4.67. The standard InChI is InChI=1S/C11H7FN4OS/c12-6-3-1-5(2-4-6)7-9-8(10(17)16-15-7)14-11(13)18-9/h1-4H,(H2,13,14)(H,16,17). The van der Waals surface area contributed by atoms with Crippen molar-refractivity contribution < 1.29 is 4.39 Å². The van der Waals surface area contributed by atoms with Crippen molar-refractivity contribution in [3.8, 4) is 11.3 Å². The molecule has 0 radical (unpaired) electrons. The van der Waals surface area contributed by atoms with Crippen LogP contribution in [0.5, 0.6) is 0 Å². The summed E-state index contributed by atoms with van der Waals surface area (Å²) in [5, 5.41) is 6.63. The van der Waals surface area contributed by atoms with Gasteiger partial charge < -0.3 is 5.73 Å². The number of nitrogens with zero attached hydrogens (tertiary/aromatic N) is 2. The number of nitrogens with two attached hydrogens (primary N) is 1. The summed E-state index contributed by atoms with van der Waals surface area (Å²) in [6, 6.07) is 5.84. The van der Waals surface area contributed by atoms with E-state index >= 15 is 0 Å². The second kappa shape index (κ2) is 3.88. The molecular formula is C11H7FN4OS. The van der Waals surface area contributed by atoms with Crippen LogP contribution in [0.4, 0.5) is 9.52 Å². The second-order valence-electron chi connectivity index (χ2n) is 3.64. The SMILES string of the molecule is Nc1nc2c(=O)[nH]nc(-c3ccc(F)cc3)c2s1. The Hall–Kier alpha value is -2.28. The lowest BCUT2D eigenvalue weighted by Crippen LogP contribution is -2.09. The van der Waals surface area contributed by atoms with Gasteiger partial charge in [-0.05, 0) is 24.3 Å². The number of nitrogen functional groups attached to an aromatic ring is 1. The van der Waals surface area contributed by atoms with E-state index in [2.05, 4.69) is 15.2 Å². The highest BCUT2D eigenvalue weighted by Gasteiger charge is 2.13. The molecule has 0 aliphatic heterocycles. The minimum Gasteiger partial charge on any atom is -0.375 e. The lowest BCUT2D eigenvalue weighted by atomic mass is 10.1. The zero-order valence-corrected chi connectivity index (χ0v) is 9.79. The van der Waals surface area contributed by atoms with Gasteiger partial charge in [0.2, 0.25) is 0 Å². The van der Waals surface area contributed by atoms with E-state index < -0.39 is 0 Å². The molecular weight excluding hydrogens is 255 g/mol. The van der Waals surface area contributed by atoms with Gasteiger partial charge in [-0.25, -0.2) is 14.5 Å². The van der Waals surface area contributed by atoms with E-state index in [4.69, 9.17) is 5.73 Å². The highest BCUT2D eigenvalue weighted by molar-refractivity contribution is 7.22. The zero-order valence-electron chi connectivity index (χ0n) is 8.98. The van der Waals surface area contributed by atoms with Gasteiger partial charge in [0.25, 0.3) is 5.56 Å². The summed E-state index contributed by atoms with van der Waals surface area (Å²) in [5.74, 6) is -0.330. The number of aromatic amines is 1. The highest BCUT2D eigenvalue weighted by Crippen LogP contribution is 2.30.